The predicted molar refractivity (Wildman–Crippen MR) is 78.2 cm³/mol. The molecule has 7 heteroatoms. The molecule has 124 valence electrons. The number of carbonyl (C=O) groups is 1. The molecule has 1 rings (SSSR count). The molecule has 1 amide bonds. The van der Waals surface area contributed by atoms with Gasteiger partial charge in [0, 0.05) is 39.2 Å². The monoisotopic (exact) mass is 304 g/mol. The van der Waals surface area contributed by atoms with Gasteiger partial charge < -0.3 is 29.5 Å². The topological polar surface area (TPSA) is 80.3 Å². The van der Waals surface area contributed by atoms with Crippen molar-refractivity contribution in [1.29, 1.82) is 0 Å². The van der Waals surface area contributed by atoms with Crippen molar-refractivity contribution in [1.82, 2.24) is 10.2 Å². The van der Waals surface area contributed by atoms with E-state index in [1.165, 1.54) is 0 Å². The average molecular weight is 304 g/mol. The second-order valence-electron chi connectivity index (χ2n) is 4.87. The smallest absolute Gasteiger partial charge is 0.224 e. The first kappa shape index (κ1) is 18.3. The number of rotatable bonds is 11. The van der Waals surface area contributed by atoms with Gasteiger partial charge >= 0.3 is 0 Å². The standard InChI is InChI=1S/C14H28N2O5/c1-2-19-9-10-21-12-13(17)11-15-4-3-14(18)16-5-7-20-8-6-16/h13,15,17H,2-12H2,1H3. The van der Waals surface area contributed by atoms with Gasteiger partial charge in [-0.3, -0.25) is 4.79 Å². The van der Waals surface area contributed by atoms with Crippen LogP contribution in [0.25, 0.3) is 0 Å². The number of morpholine rings is 1. The van der Waals surface area contributed by atoms with Gasteiger partial charge in [0.15, 0.2) is 0 Å². The molecule has 1 unspecified atom stereocenters. The number of nitrogens with zero attached hydrogens (tertiary/aromatic N) is 1. The summed E-state index contributed by atoms with van der Waals surface area (Å²) < 4.78 is 15.6. The molecule has 7 nitrogen and oxygen atoms in total. The van der Waals surface area contributed by atoms with Crippen molar-refractivity contribution >= 4 is 5.91 Å². The van der Waals surface area contributed by atoms with Gasteiger partial charge in [0.25, 0.3) is 0 Å². The summed E-state index contributed by atoms with van der Waals surface area (Å²) >= 11 is 0. The minimum Gasteiger partial charge on any atom is -0.389 e. The van der Waals surface area contributed by atoms with E-state index in [2.05, 4.69) is 5.32 Å². The molecule has 0 radical (unpaired) electrons. The highest BCUT2D eigenvalue weighted by Crippen LogP contribution is 1.99. The lowest BCUT2D eigenvalue weighted by molar-refractivity contribution is -0.135. The van der Waals surface area contributed by atoms with E-state index in [-0.39, 0.29) is 12.5 Å². The van der Waals surface area contributed by atoms with Crippen LogP contribution in [-0.2, 0) is 19.0 Å². The van der Waals surface area contributed by atoms with Crippen molar-refractivity contribution in [2.75, 3.05) is 65.8 Å². The fourth-order valence-corrected chi connectivity index (χ4v) is 1.98. The van der Waals surface area contributed by atoms with E-state index in [4.69, 9.17) is 14.2 Å². The summed E-state index contributed by atoms with van der Waals surface area (Å²) in [5.74, 6) is 0.133. The molecule has 1 aliphatic heterocycles. The zero-order valence-electron chi connectivity index (χ0n) is 12.9. The molecule has 1 heterocycles. The molecular weight excluding hydrogens is 276 g/mol. The first-order valence-corrected chi connectivity index (χ1v) is 7.63. The van der Waals surface area contributed by atoms with E-state index in [1.807, 2.05) is 11.8 Å². The lowest BCUT2D eigenvalue weighted by atomic mass is 10.3. The normalized spacial score (nSPS) is 17.0. The van der Waals surface area contributed by atoms with Crippen LogP contribution in [0.1, 0.15) is 13.3 Å². The van der Waals surface area contributed by atoms with Crippen molar-refractivity contribution in [3.05, 3.63) is 0 Å². The summed E-state index contributed by atoms with van der Waals surface area (Å²) in [4.78, 5) is 13.7. The van der Waals surface area contributed by atoms with E-state index in [0.29, 0.717) is 65.6 Å². The fourth-order valence-electron chi connectivity index (χ4n) is 1.98. The molecular formula is C14H28N2O5. The number of nitrogens with one attached hydrogen (secondary N) is 1. The Morgan fingerprint density at radius 3 is 2.76 bits per heavy atom. The molecule has 0 saturated carbocycles. The second kappa shape index (κ2) is 11.9. The van der Waals surface area contributed by atoms with Crippen molar-refractivity contribution in [3.63, 3.8) is 0 Å². The van der Waals surface area contributed by atoms with Crippen LogP contribution < -0.4 is 5.32 Å². The molecule has 0 aromatic carbocycles. The summed E-state index contributed by atoms with van der Waals surface area (Å²) in [7, 11) is 0. The first-order chi connectivity index (χ1) is 10.2. The van der Waals surface area contributed by atoms with E-state index in [0.717, 1.165) is 0 Å². The number of carbonyl (C=O) groups excluding carboxylic acids is 1. The Hall–Kier alpha value is -0.730. The molecule has 1 saturated heterocycles. The Balaban J connectivity index is 1.93. The van der Waals surface area contributed by atoms with Crippen LogP contribution in [0.15, 0.2) is 0 Å². The van der Waals surface area contributed by atoms with Crippen LogP contribution in [0.2, 0.25) is 0 Å². The second-order valence-corrected chi connectivity index (χ2v) is 4.87. The summed E-state index contributed by atoms with van der Waals surface area (Å²) in [6.07, 6.45) is -0.122. The third-order valence-corrected chi connectivity index (χ3v) is 3.15. The predicted octanol–water partition coefficient (Wildman–Crippen LogP) is -0.761. The van der Waals surface area contributed by atoms with Gasteiger partial charge in [0.05, 0.1) is 39.1 Å². The number of ether oxygens (including phenoxy) is 3. The maximum atomic E-state index is 11.8. The molecule has 0 aliphatic carbocycles. The number of hydrogen-bond acceptors (Lipinski definition) is 6. The lowest BCUT2D eigenvalue weighted by Crippen LogP contribution is -2.42. The molecule has 21 heavy (non-hydrogen) atoms. The summed E-state index contributed by atoms with van der Waals surface area (Å²) in [6, 6.07) is 0. The van der Waals surface area contributed by atoms with E-state index in [1.54, 1.807) is 0 Å². The Bertz CT molecular complexity index is 272. The number of aliphatic hydroxyl groups excluding tert-OH is 1. The quantitative estimate of drug-likeness (QED) is 0.488. The van der Waals surface area contributed by atoms with Crippen molar-refractivity contribution in [2.45, 2.75) is 19.4 Å². The molecule has 1 aliphatic rings. The van der Waals surface area contributed by atoms with E-state index in [9.17, 15) is 9.90 Å². The van der Waals surface area contributed by atoms with Crippen molar-refractivity contribution in [2.24, 2.45) is 0 Å². The third-order valence-electron chi connectivity index (χ3n) is 3.15. The highest BCUT2D eigenvalue weighted by atomic mass is 16.5. The zero-order chi connectivity index (χ0) is 15.3. The van der Waals surface area contributed by atoms with E-state index < -0.39 is 6.10 Å². The number of aliphatic hydroxyl groups is 1. The number of amides is 1. The van der Waals surface area contributed by atoms with E-state index >= 15 is 0 Å². The largest absolute Gasteiger partial charge is 0.389 e. The Morgan fingerprint density at radius 2 is 2.05 bits per heavy atom. The van der Waals surface area contributed by atoms with Gasteiger partial charge in [-0.15, -0.1) is 0 Å². The van der Waals surface area contributed by atoms with Crippen LogP contribution in [0, 0.1) is 0 Å². The highest BCUT2D eigenvalue weighted by molar-refractivity contribution is 5.76. The van der Waals surface area contributed by atoms with Crippen LogP contribution >= 0.6 is 0 Å². The Morgan fingerprint density at radius 1 is 1.33 bits per heavy atom. The van der Waals surface area contributed by atoms with Crippen LogP contribution in [0.4, 0.5) is 0 Å². The third kappa shape index (κ3) is 9.00. The van der Waals surface area contributed by atoms with Gasteiger partial charge in [-0.2, -0.15) is 0 Å². The van der Waals surface area contributed by atoms with Gasteiger partial charge in [-0.1, -0.05) is 0 Å². The Kier molecular flexibility index (Phi) is 10.4. The van der Waals surface area contributed by atoms with Crippen molar-refractivity contribution < 1.29 is 24.1 Å². The molecule has 0 aromatic heterocycles. The first-order valence-electron chi connectivity index (χ1n) is 7.63. The molecule has 0 aromatic rings. The minimum absolute atomic E-state index is 0.133. The maximum absolute atomic E-state index is 11.8. The van der Waals surface area contributed by atoms with Gasteiger partial charge in [-0.05, 0) is 6.92 Å². The molecule has 2 N–H and O–H groups in total. The molecule has 0 bridgehead atoms. The summed E-state index contributed by atoms with van der Waals surface area (Å²) in [5.41, 5.74) is 0. The average Bonchev–Trinajstić information content (AvgIpc) is 2.52. The minimum atomic E-state index is -0.565. The maximum Gasteiger partial charge on any atom is 0.224 e. The fraction of sp³-hybridized carbons (Fsp3) is 0.929. The van der Waals surface area contributed by atoms with Gasteiger partial charge in [0.2, 0.25) is 5.91 Å². The van der Waals surface area contributed by atoms with Gasteiger partial charge in [0.1, 0.15) is 0 Å². The Labute approximate surface area is 126 Å². The SMILES string of the molecule is CCOCCOCC(O)CNCCC(=O)N1CCOCC1. The van der Waals surface area contributed by atoms with Crippen LogP contribution in [-0.4, -0.2) is 87.8 Å². The highest BCUT2D eigenvalue weighted by Gasteiger charge is 2.16. The van der Waals surface area contributed by atoms with Gasteiger partial charge in [-0.25, -0.2) is 0 Å². The van der Waals surface area contributed by atoms with Crippen LogP contribution in [0.3, 0.4) is 0 Å². The lowest BCUT2D eigenvalue weighted by Gasteiger charge is -2.26. The van der Waals surface area contributed by atoms with Crippen LogP contribution in [0.5, 0.6) is 0 Å². The summed E-state index contributed by atoms with van der Waals surface area (Å²) in [5, 5.41) is 12.7. The molecule has 1 atom stereocenters. The molecule has 1 fully saturated rings. The number of hydrogen-bond donors (Lipinski definition) is 2. The zero-order valence-corrected chi connectivity index (χ0v) is 12.9. The molecule has 0 spiro atoms. The summed E-state index contributed by atoms with van der Waals surface area (Å²) in [6.45, 7) is 7.49. The van der Waals surface area contributed by atoms with Crippen molar-refractivity contribution in [3.8, 4) is 0 Å².